The van der Waals surface area contributed by atoms with E-state index in [2.05, 4.69) is 37.6 Å². The molecule has 4 rings (SSSR count). The molecule has 62 heteroatoms. The molecule has 0 unspecified atom stereocenters. The van der Waals surface area contributed by atoms with Gasteiger partial charge in [0.05, 0.1) is 24.4 Å². The first-order valence-corrected chi connectivity index (χ1v) is 35.3. The molecule has 4 saturated heterocycles. The van der Waals surface area contributed by atoms with Crippen molar-refractivity contribution in [3.63, 3.8) is 0 Å². The first-order chi connectivity index (χ1) is 38.3. The Bertz CT molecular complexity index is 3330. The fraction of sp³-hybridized carbons (Fsp3) is 1.00. The zero-order chi connectivity index (χ0) is 65.0. The molecule has 20 atom stereocenters. The Morgan fingerprint density at radius 1 is 0.255 bits per heavy atom. The van der Waals surface area contributed by atoms with Crippen molar-refractivity contribution in [3.8, 4) is 0 Å². The third-order valence-corrected chi connectivity index (χ3v) is 15.7. The van der Waals surface area contributed by atoms with Gasteiger partial charge in [-0.1, -0.05) is 39.0 Å². The van der Waals surface area contributed by atoms with Crippen molar-refractivity contribution in [2.75, 3.05) is 6.61 Å². The Hall–Kier alpha value is 7.51. The van der Waals surface area contributed by atoms with Gasteiger partial charge in [0.15, 0.2) is 49.6 Å². The molecule has 4 fully saturated rings. The van der Waals surface area contributed by atoms with Gasteiger partial charge < -0.3 is 78.9 Å². The van der Waals surface area contributed by atoms with Crippen LogP contribution in [0.2, 0.25) is 0 Å². The van der Waals surface area contributed by atoms with Gasteiger partial charge in [-0.25, -0.2) is 75.8 Å². The summed E-state index contributed by atoms with van der Waals surface area (Å²) in [6.45, 7) is 4.06. The minimum absolute atomic E-state index is 0. The zero-order valence-corrected chi connectivity index (χ0v) is 77.5. The van der Waals surface area contributed by atoms with Gasteiger partial charge in [0, 0.05) is 6.61 Å². The molecule has 0 aliphatic carbocycles. The molecule has 0 aromatic rings. The van der Waals surface area contributed by atoms with Crippen LogP contribution in [-0.4, -0.2) is 246 Å². The Kier molecular flexibility index (Phi) is 56.2. The maximum Gasteiger partial charge on any atom is 1.00 e. The zero-order valence-electron chi connectivity index (χ0n) is 52.1. The van der Waals surface area contributed by atoms with E-state index in [1.165, 1.54) is 0 Å². The van der Waals surface area contributed by atoms with Gasteiger partial charge in [0.25, 0.3) is 0 Å². The summed E-state index contributed by atoms with van der Waals surface area (Å²) in [6.07, 6.45) is -54.9. The molecule has 0 aromatic carbocycles. The minimum atomic E-state index is -6.63. The molecule has 4 heterocycles. The SMILES string of the molecule is CCCCCCCCO[C@H]1O[C@@H](C)[C@@H](OS(=O)(=O)[O-])[C@@H](O[C@@H]2O[C@@H](C)[C@@H](OS(=O)(=O)[O-])[C@@H](O[C@@H]3O[C@@H](C)[C@@H](OS(=O)(=O)[O-])[C@@H](O[C@@H]4O[C@@H](C)[C@@H](OS(=O)(=O)[O-])[C@@H](OS(=O)(=O)[O-])[C@@H]4OS(=O)(=O)[O-])[C@@H]3OS(=O)(=O)[O-])[C@@H]2OS(=O)(=O)[O-])[C@@H]1OS(=O)(=O)[O-].[Na+].[Na+].[Na+].[Na+].[Na+].[Na+].[Na+].[Na+].[Na+]. The molecule has 94 heavy (non-hydrogen) atoms. The average Bonchev–Trinajstić information content (AvgIpc) is 0.772. The van der Waals surface area contributed by atoms with Crippen LogP contribution in [0.4, 0.5) is 0 Å². The van der Waals surface area contributed by atoms with Crippen LogP contribution in [-0.2, 0) is 169 Å². The second kappa shape index (κ2) is 47.0. The molecular weight excluding hydrogens is 1580 g/mol. The van der Waals surface area contributed by atoms with Crippen LogP contribution in [0.15, 0.2) is 0 Å². The quantitative estimate of drug-likeness (QED) is 0.0261. The van der Waals surface area contributed by atoms with Gasteiger partial charge in [-0.05, 0) is 34.1 Å². The summed E-state index contributed by atoms with van der Waals surface area (Å²) in [5, 5.41) is 0. The van der Waals surface area contributed by atoms with Gasteiger partial charge in [0.2, 0.25) is 93.6 Å². The predicted octanol–water partition coefficient (Wildman–Crippen LogP) is -33.9. The van der Waals surface area contributed by atoms with E-state index in [1.54, 1.807) is 0 Å². The fourth-order valence-electron chi connectivity index (χ4n) is 8.64. The van der Waals surface area contributed by atoms with Crippen LogP contribution >= 0.6 is 0 Å². The minimum Gasteiger partial charge on any atom is -0.726 e. The van der Waals surface area contributed by atoms with Crippen molar-refractivity contribution in [2.24, 2.45) is 0 Å². The third kappa shape index (κ3) is 41.0. The topological polar surface area (TPSA) is 672 Å². The Morgan fingerprint density at radius 3 is 0.681 bits per heavy atom. The number of hydrogen-bond donors (Lipinski definition) is 0. The van der Waals surface area contributed by atoms with E-state index in [1.807, 2.05) is 6.92 Å². The number of hydrogen-bond acceptors (Lipinski definition) is 44. The number of rotatable bonds is 32. The normalized spacial score (nSPS) is 32.0. The van der Waals surface area contributed by atoms with E-state index in [9.17, 15) is 117 Å². The second-order valence-electron chi connectivity index (χ2n) is 18.0. The summed E-state index contributed by atoms with van der Waals surface area (Å²) in [5.74, 6) is 0. The Labute approximate surface area is 741 Å². The number of ether oxygens (including phenoxy) is 8. The molecule has 0 bridgehead atoms. The van der Waals surface area contributed by atoms with Crippen molar-refractivity contribution in [1.29, 1.82) is 0 Å². The van der Waals surface area contributed by atoms with Crippen LogP contribution in [0.25, 0.3) is 0 Å². The molecule has 0 amide bonds. The average molecular weight is 1630 g/mol. The molecule has 44 nitrogen and oxygen atoms in total. The first kappa shape index (κ1) is 112. The molecule has 4 aliphatic heterocycles. The van der Waals surface area contributed by atoms with Crippen LogP contribution in [0.3, 0.4) is 0 Å². The maximum absolute atomic E-state index is 12.6. The maximum atomic E-state index is 12.6. The standard InChI is InChI=1S/C32H58O44S9.9Na/c1-6-7-8-9-10-11-12-60-29-25(73-82(48,49)50)21(17(13(2)61-29)68-77(33,34)35)65-30-26(74-83(51,52)53)22(18(14(3)62-30)69-78(36,37)38)66-31-27(75-84(54,55)56)23(19(15(4)63-31)70-79(39,40)41)67-32-28(76-85(57,58)59)24(72-81(45,46)47)20(16(5)64-32)71-80(42,43)44;;;;;;;;;/h13-32H,6-12H2,1-5H3,(H,33,34,35)(H,36,37,38)(H,39,40,41)(H,42,43,44)(H,45,46,47)(H,48,49,50)(H,51,52,53)(H,54,55,56)(H,57,58,59);;;;;;;;;/q;9*+1/p-9/t13-,14-,15-,16-,17+,18+,19+,20+,21+,22+,23+,24+,25-,26-,27-,28-,29-,30-,31-,32-;;;;;;;;;/m0........./s1. The molecule has 0 N–H and O–H groups in total. The molecule has 0 aromatic heterocycles. The van der Waals surface area contributed by atoms with Crippen LogP contribution in [0.5, 0.6) is 0 Å². The van der Waals surface area contributed by atoms with E-state index in [-0.39, 0.29) is 272 Å². The van der Waals surface area contributed by atoms with Crippen LogP contribution in [0.1, 0.15) is 73.1 Å². The molecule has 0 radical (unpaired) electrons. The van der Waals surface area contributed by atoms with Crippen molar-refractivity contribution in [3.05, 3.63) is 0 Å². The van der Waals surface area contributed by atoms with E-state index in [0.717, 1.165) is 26.2 Å². The molecule has 4 aliphatic rings. The fourth-order valence-corrected chi connectivity index (χ4v) is 13.2. The summed E-state index contributed by atoms with van der Waals surface area (Å²) < 4.78 is 412. The Morgan fingerprint density at radius 2 is 0.436 bits per heavy atom. The van der Waals surface area contributed by atoms with Gasteiger partial charge in [-0.2, -0.15) is 0 Å². The van der Waals surface area contributed by atoms with Gasteiger partial charge in [-0.3, -0.25) is 37.6 Å². The monoisotopic (exact) mass is 1630 g/mol. The van der Waals surface area contributed by atoms with Crippen molar-refractivity contribution >= 4 is 93.6 Å². The third-order valence-electron chi connectivity index (χ3n) is 11.6. The summed E-state index contributed by atoms with van der Waals surface area (Å²) in [5.41, 5.74) is 0. The molecular formula is C32H49Na9O44S9. The summed E-state index contributed by atoms with van der Waals surface area (Å²) in [6, 6.07) is 0. The van der Waals surface area contributed by atoms with Crippen LogP contribution < -0.4 is 266 Å². The van der Waals surface area contributed by atoms with Crippen LogP contribution in [0, 0.1) is 0 Å². The van der Waals surface area contributed by atoms with Gasteiger partial charge >= 0.3 is 266 Å². The second-order valence-corrected chi connectivity index (χ2v) is 27.1. The molecule has 0 saturated carbocycles. The summed E-state index contributed by atoms with van der Waals surface area (Å²) in [7, 11) is -57.2. The predicted molar refractivity (Wildman–Crippen MR) is 242 cm³/mol. The molecule has 504 valence electrons. The van der Waals surface area contributed by atoms with Crippen molar-refractivity contribution in [1.82, 2.24) is 0 Å². The smallest absolute Gasteiger partial charge is 0.726 e. The van der Waals surface area contributed by atoms with E-state index in [0.29, 0.717) is 33.6 Å². The van der Waals surface area contributed by atoms with Gasteiger partial charge in [-0.15, -0.1) is 0 Å². The largest absolute Gasteiger partial charge is 1.00 e. The molecule has 0 spiro atoms. The van der Waals surface area contributed by atoms with Gasteiger partial charge in [0.1, 0.15) is 48.8 Å². The summed E-state index contributed by atoms with van der Waals surface area (Å²) >= 11 is 0. The number of unbranched alkanes of at least 4 members (excludes halogenated alkanes) is 5. The van der Waals surface area contributed by atoms with E-state index >= 15 is 0 Å². The van der Waals surface area contributed by atoms with Crippen molar-refractivity contribution in [2.45, 2.75) is 196 Å². The van der Waals surface area contributed by atoms with Crippen molar-refractivity contribution < 1.29 is 458 Å². The van der Waals surface area contributed by atoms with E-state index in [4.69, 9.17) is 37.9 Å². The first-order valence-electron chi connectivity index (χ1n) is 23.3. The summed E-state index contributed by atoms with van der Waals surface area (Å²) in [4.78, 5) is 0. The Balaban J connectivity index is -0.00000215. The van der Waals surface area contributed by atoms with E-state index < -0.39 is 223 Å².